The van der Waals surface area contributed by atoms with Gasteiger partial charge in [0.05, 0.1) is 6.04 Å². The Kier molecular flexibility index (Phi) is 6.35. The Morgan fingerprint density at radius 2 is 1.87 bits per heavy atom. The fourth-order valence-corrected chi connectivity index (χ4v) is 6.88. The topological polar surface area (TPSA) is 74.3 Å². The van der Waals surface area contributed by atoms with Gasteiger partial charge in [-0.2, -0.15) is 0 Å². The molecule has 1 atom stereocenters. The van der Waals surface area contributed by atoms with Gasteiger partial charge in [-0.3, -0.25) is 14.6 Å². The predicted octanol–water partition coefficient (Wildman–Crippen LogP) is 2.70. The smallest absolute Gasteiger partial charge is 0.226 e. The summed E-state index contributed by atoms with van der Waals surface area (Å²) in [5, 5.41) is 6.53. The molecule has 7 heteroatoms. The summed E-state index contributed by atoms with van der Waals surface area (Å²) in [7, 11) is 0. The molecule has 2 amide bonds. The highest BCUT2D eigenvalue weighted by molar-refractivity contribution is 5.85. The van der Waals surface area contributed by atoms with Crippen molar-refractivity contribution in [2.45, 2.75) is 51.0 Å². The van der Waals surface area contributed by atoms with Crippen LogP contribution in [-0.2, 0) is 9.59 Å². The molecule has 6 rings (SSSR count). The Balaban J connectivity index is 0.00000218. The summed E-state index contributed by atoms with van der Waals surface area (Å²) in [5.41, 5.74) is 0.927. The molecule has 1 unspecified atom stereocenters. The Labute approximate surface area is 185 Å². The van der Waals surface area contributed by atoms with E-state index in [1.165, 1.54) is 19.3 Å². The van der Waals surface area contributed by atoms with Crippen LogP contribution in [0, 0.1) is 23.2 Å². The molecule has 5 aliphatic rings. The Hall–Kier alpha value is -1.66. The molecule has 2 N–H and O–H groups in total. The lowest BCUT2D eigenvalue weighted by Crippen LogP contribution is -2.54. The number of hydrogen-bond acceptors (Lipinski definition) is 4. The summed E-state index contributed by atoms with van der Waals surface area (Å²) in [4.78, 5) is 32.2. The molecule has 0 spiro atoms. The van der Waals surface area contributed by atoms with Crippen molar-refractivity contribution in [1.29, 1.82) is 0 Å². The molecular weight excluding hydrogens is 400 g/mol. The van der Waals surface area contributed by atoms with Crippen molar-refractivity contribution in [1.82, 2.24) is 20.5 Å². The third kappa shape index (κ3) is 4.09. The highest BCUT2D eigenvalue weighted by atomic mass is 35.5. The predicted molar refractivity (Wildman–Crippen MR) is 117 cm³/mol. The molecule has 1 saturated heterocycles. The molecule has 1 aromatic heterocycles. The Bertz CT molecular complexity index is 736. The van der Waals surface area contributed by atoms with Crippen molar-refractivity contribution < 1.29 is 9.59 Å². The Morgan fingerprint density at radius 3 is 2.50 bits per heavy atom. The quantitative estimate of drug-likeness (QED) is 0.750. The summed E-state index contributed by atoms with van der Waals surface area (Å²) < 4.78 is 0. The van der Waals surface area contributed by atoms with E-state index in [1.54, 1.807) is 6.20 Å². The first-order valence-electron chi connectivity index (χ1n) is 11.3. The molecule has 0 aromatic carbocycles. The maximum absolute atomic E-state index is 13.1. The van der Waals surface area contributed by atoms with E-state index in [-0.39, 0.29) is 35.7 Å². The molecule has 2 heterocycles. The van der Waals surface area contributed by atoms with Gasteiger partial charge in [-0.15, -0.1) is 12.4 Å². The van der Waals surface area contributed by atoms with E-state index >= 15 is 0 Å². The van der Waals surface area contributed by atoms with Crippen molar-refractivity contribution in [3.8, 4) is 0 Å². The highest BCUT2D eigenvalue weighted by Crippen LogP contribution is 2.60. The number of nitrogens with zero attached hydrogens (tertiary/aromatic N) is 2. The van der Waals surface area contributed by atoms with Crippen LogP contribution in [0.25, 0.3) is 0 Å². The summed E-state index contributed by atoms with van der Waals surface area (Å²) >= 11 is 0. The van der Waals surface area contributed by atoms with Crippen molar-refractivity contribution in [2.24, 2.45) is 23.2 Å². The second-order valence-electron chi connectivity index (χ2n) is 9.80. The molecule has 6 nitrogen and oxygen atoms in total. The van der Waals surface area contributed by atoms with Crippen LogP contribution in [0.1, 0.15) is 56.6 Å². The van der Waals surface area contributed by atoms with Gasteiger partial charge in [0.15, 0.2) is 0 Å². The van der Waals surface area contributed by atoms with Crippen LogP contribution in [0.3, 0.4) is 0 Å². The minimum Gasteiger partial charge on any atom is -0.355 e. The first-order valence-corrected chi connectivity index (χ1v) is 11.3. The average Bonchev–Trinajstić information content (AvgIpc) is 2.73. The first kappa shape index (κ1) is 21.6. The number of carbonyl (C=O) groups excluding carboxylic acids is 2. The number of amides is 2. The van der Waals surface area contributed by atoms with Crippen LogP contribution in [0.15, 0.2) is 24.5 Å². The molecule has 0 radical (unpaired) electrons. The van der Waals surface area contributed by atoms with Gasteiger partial charge in [0.25, 0.3) is 0 Å². The fourth-order valence-electron chi connectivity index (χ4n) is 6.88. The van der Waals surface area contributed by atoms with Crippen LogP contribution in [-0.4, -0.2) is 47.9 Å². The summed E-state index contributed by atoms with van der Waals surface area (Å²) in [6.45, 7) is 2.70. The van der Waals surface area contributed by atoms with Gasteiger partial charge in [-0.05, 0) is 67.9 Å². The number of rotatable bonds is 5. The SMILES string of the molecule is Cl.O=C(CCNC(=O)C12CC3CC(CC(C3)C1)C2)N1CCNCC1c1cccnc1. The van der Waals surface area contributed by atoms with Crippen LogP contribution in [0.5, 0.6) is 0 Å². The standard InChI is InChI=1S/C23H32N4O2.ClH/c28-21(27-7-6-25-15-20(27)19-2-1-4-24-14-19)3-5-26-22(29)23-11-16-8-17(12-23)10-18(9-16)13-23;/h1-2,4,14,16-18,20,25H,3,5-13,15H2,(H,26,29);1H. The minimum atomic E-state index is -0.134. The van der Waals surface area contributed by atoms with Gasteiger partial charge in [0, 0.05) is 50.4 Å². The molecule has 1 aromatic rings. The van der Waals surface area contributed by atoms with Gasteiger partial charge in [-0.1, -0.05) is 6.07 Å². The normalized spacial score (nSPS) is 34.3. The van der Waals surface area contributed by atoms with E-state index < -0.39 is 0 Å². The van der Waals surface area contributed by atoms with Gasteiger partial charge in [-0.25, -0.2) is 0 Å². The maximum Gasteiger partial charge on any atom is 0.226 e. The van der Waals surface area contributed by atoms with Crippen molar-refractivity contribution >= 4 is 24.2 Å². The third-order valence-corrected chi connectivity index (χ3v) is 7.78. The summed E-state index contributed by atoms with van der Waals surface area (Å²) in [5.74, 6) is 2.61. The number of piperazine rings is 1. The minimum absolute atomic E-state index is 0. The third-order valence-electron chi connectivity index (χ3n) is 7.78. The molecule has 164 valence electrons. The van der Waals surface area contributed by atoms with Gasteiger partial charge < -0.3 is 15.5 Å². The first-order chi connectivity index (χ1) is 14.1. The van der Waals surface area contributed by atoms with Crippen molar-refractivity contribution in [2.75, 3.05) is 26.2 Å². The zero-order valence-electron chi connectivity index (χ0n) is 17.5. The maximum atomic E-state index is 13.1. The highest BCUT2D eigenvalue weighted by Gasteiger charge is 2.54. The van der Waals surface area contributed by atoms with Crippen LogP contribution >= 0.6 is 12.4 Å². The van der Waals surface area contributed by atoms with Crippen molar-refractivity contribution in [3.63, 3.8) is 0 Å². The van der Waals surface area contributed by atoms with E-state index in [9.17, 15) is 9.59 Å². The summed E-state index contributed by atoms with van der Waals surface area (Å²) in [6, 6.07) is 3.96. The van der Waals surface area contributed by atoms with E-state index in [2.05, 4.69) is 15.6 Å². The van der Waals surface area contributed by atoms with Crippen LogP contribution in [0.2, 0.25) is 0 Å². The number of aromatic nitrogens is 1. The second-order valence-corrected chi connectivity index (χ2v) is 9.80. The van der Waals surface area contributed by atoms with E-state index in [4.69, 9.17) is 0 Å². The molecule has 4 aliphatic carbocycles. The van der Waals surface area contributed by atoms with E-state index in [0.29, 0.717) is 19.5 Å². The molecule has 4 bridgehead atoms. The number of carbonyl (C=O) groups is 2. The molecule has 30 heavy (non-hydrogen) atoms. The summed E-state index contributed by atoms with van der Waals surface area (Å²) in [6.07, 6.45) is 11.2. The van der Waals surface area contributed by atoms with Gasteiger partial charge >= 0.3 is 0 Å². The zero-order chi connectivity index (χ0) is 19.8. The number of halogens is 1. The number of pyridine rings is 1. The lowest BCUT2D eigenvalue weighted by atomic mass is 9.49. The van der Waals surface area contributed by atoms with Crippen LogP contribution in [0.4, 0.5) is 0 Å². The zero-order valence-corrected chi connectivity index (χ0v) is 18.3. The lowest BCUT2D eigenvalue weighted by molar-refractivity contribution is -0.146. The molecule has 4 saturated carbocycles. The monoisotopic (exact) mass is 432 g/mol. The van der Waals surface area contributed by atoms with Crippen LogP contribution < -0.4 is 10.6 Å². The van der Waals surface area contributed by atoms with E-state index in [0.717, 1.165) is 55.7 Å². The number of nitrogens with one attached hydrogen (secondary N) is 2. The lowest BCUT2D eigenvalue weighted by Gasteiger charge is -2.55. The average molecular weight is 433 g/mol. The van der Waals surface area contributed by atoms with Gasteiger partial charge in [0.1, 0.15) is 0 Å². The van der Waals surface area contributed by atoms with E-state index in [1.807, 2.05) is 23.2 Å². The molecular formula is C23H33ClN4O2. The van der Waals surface area contributed by atoms with Crippen molar-refractivity contribution in [3.05, 3.63) is 30.1 Å². The molecule has 1 aliphatic heterocycles. The Morgan fingerprint density at radius 1 is 1.17 bits per heavy atom. The molecule has 5 fully saturated rings. The van der Waals surface area contributed by atoms with Gasteiger partial charge in [0.2, 0.25) is 11.8 Å². The number of hydrogen-bond donors (Lipinski definition) is 2. The fraction of sp³-hybridized carbons (Fsp3) is 0.696. The second kappa shape index (κ2) is 8.83. The largest absolute Gasteiger partial charge is 0.355 e.